The third-order valence-electron chi connectivity index (χ3n) is 3.43. The number of para-hydroxylation sites is 1. The van der Waals surface area contributed by atoms with Crippen LogP contribution in [0.25, 0.3) is 0 Å². The van der Waals surface area contributed by atoms with E-state index >= 15 is 0 Å². The van der Waals surface area contributed by atoms with E-state index in [1.54, 1.807) is 43.3 Å². The van der Waals surface area contributed by atoms with Gasteiger partial charge in [-0.1, -0.05) is 12.1 Å². The molecule has 5 heteroatoms. The molecule has 1 aliphatic heterocycles. The van der Waals surface area contributed by atoms with E-state index in [0.717, 1.165) is 12.8 Å². The van der Waals surface area contributed by atoms with Gasteiger partial charge in [-0.05, 0) is 25.0 Å². The van der Waals surface area contributed by atoms with Crippen LogP contribution in [0.4, 0.5) is 5.69 Å². The highest BCUT2D eigenvalue weighted by Crippen LogP contribution is 2.23. The highest BCUT2D eigenvalue weighted by Gasteiger charge is 2.35. The predicted octanol–water partition coefficient (Wildman–Crippen LogP) is 0.962. The van der Waals surface area contributed by atoms with Crippen molar-refractivity contribution in [2.24, 2.45) is 0 Å². The van der Waals surface area contributed by atoms with Crippen molar-refractivity contribution in [1.82, 2.24) is 9.80 Å². The van der Waals surface area contributed by atoms with E-state index in [1.165, 1.54) is 4.90 Å². The third-order valence-corrected chi connectivity index (χ3v) is 3.43. The zero-order valence-electron chi connectivity index (χ0n) is 11.3. The summed E-state index contributed by atoms with van der Waals surface area (Å²) < 4.78 is 0. The molecule has 1 heterocycles. The predicted molar refractivity (Wildman–Crippen MR) is 73.6 cm³/mol. The number of hydrogen-bond acceptors (Lipinski definition) is 3. The Morgan fingerprint density at radius 3 is 2.63 bits per heavy atom. The number of likely N-dealkylation sites (N-methyl/N-ethyl adjacent to an activating group) is 1. The first kappa shape index (κ1) is 13.4. The quantitative estimate of drug-likeness (QED) is 0.806. The molecular weight excluding hydrogens is 242 g/mol. The number of carbonyl (C=O) groups is 2. The van der Waals surface area contributed by atoms with E-state index < -0.39 is 0 Å². The number of amides is 2. The van der Waals surface area contributed by atoms with Crippen molar-refractivity contribution in [2.75, 3.05) is 26.4 Å². The summed E-state index contributed by atoms with van der Waals surface area (Å²) in [6.07, 6.45) is 1.57. The second kappa shape index (κ2) is 5.30. The molecule has 1 aromatic rings. The molecule has 0 radical (unpaired) electrons. The summed E-state index contributed by atoms with van der Waals surface area (Å²) in [6.45, 7) is 0.609. The van der Waals surface area contributed by atoms with Crippen molar-refractivity contribution >= 4 is 17.5 Å². The number of nitrogens with zero attached hydrogens (tertiary/aromatic N) is 2. The summed E-state index contributed by atoms with van der Waals surface area (Å²) in [5.74, 6) is -0.184. The van der Waals surface area contributed by atoms with Crippen molar-refractivity contribution in [3.05, 3.63) is 29.8 Å². The zero-order valence-corrected chi connectivity index (χ0v) is 11.3. The molecular formula is C14H19N3O2. The number of rotatable bonds is 2. The molecule has 19 heavy (non-hydrogen) atoms. The Kier molecular flexibility index (Phi) is 3.74. The third kappa shape index (κ3) is 2.54. The molecule has 1 fully saturated rings. The van der Waals surface area contributed by atoms with Gasteiger partial charge in [-0.25, -0.2) is 0 Å². The Morgan fingerprint density at radius 2 is 2.00 bits per heavy atom. The molecule has 1 aromatic carbocycles. The van der Waals surface area contributed by atoms with Gasteiger partial charge in [0.05, 0.1) is 5.56 Å². The first-order valence-electron chi connectivity index (χ1n) is 6.39. The number of carbonyl (C=O) groups excluding carboxylic acids is 2. The van der Waals surface area contributed by atoms with Crippen LogP contribution >= 0.6 is 0 Å². The van der Waals surface area contributed by atoms with Crippen LogP contribution in [0.15, 0.2) is 24.3 Å². The molecule has 1 aliphatic rings. The summed E-state index contributed by atoms with van der Waals surface area (Å²) in [5, 5.41) is 0. The fraction of sp³-hybridized carbons (Fsp3) is 0.429. The first-order chi connectivity index (χ1) is 9.02. The minimum Gasteiger partial charge on any atom is -0.398 e. The normalized spacial score (nSPS) is 18.4. The summed E-state index contributed by atoms with van der Waals surface area (Å²) >= 11 is 0. The van der Waals surface area contributed by atoms with Gasteiger partial charge in [-0.3, -0.25) is 9.59 Å². The highest BCUT2D eigenvalue weighted by atomic mass is 16.2. The molecule has 2 rings (SSSR count). The van der Waals surface area contributed by atoms with Crippen LogP contribution in [0.3, 0.4) is 0 Å². The van der Waals surface area contributed by atoms with E-state index in [1.807, 2.05) is 0 Å². The monoisotopic (exact) mass is 261 g/mol. The van der Waals surface area contributed by atoms with Gasteiger partial charge in [0.1, 0.15) is 6.04 Å². The number of benzene rings is 1. The Hall–Kier alpha value is -2.04. The smallest absolute Gasteiger partial charge is 0.256 e. The van der Waals surface area contributed by atoms with E-state index in [-0.39, 0.29) is 17.9 Å². The van der Waals surface area contributed by atoms with Crippen LogP contribution in [0.5, 0.6) is 0 Å². The molecule has 5 nitrogen and oxygen atoms in total. The lowest BCUT2D eigenvalue weighted by molar-refractivity contribution is -0.132. The minimum absolute atomic E-state index is 0.0275. The molecule has 1 saturated heterocycles. The lowest BCUT2D eigenvalue weighted by atomic mass is 10.1. The second-order valence-corrected chi connectivity index (χ2v) is 4.98. The maximum absolute atomic E-state index is 12.5. The van der Waals surface area contributed by atoms with Crippen LogP contribution < -0.4 is 5.73 Å². The highest BCUT2D eigenvalue weighted by molar-refractivity contribution is 6.01. The number of hydrogen-bond donors (Lipinski definition) is 1. The minimum atomic E-state index is -0.359. The molecule has 2 amide bonds. The van der Waals surface area contributed by atoms with Crippen LogP contribution in [0, 0.1) is 0 Å². The maximum atomic E-state index is 12.5. The van der Waals surface area contributed by atoms with Crippen LogP contribution in [-0.4, -0.2) is 48.3 Å². The topological polar surface area (TPSA) is 66.6 Å². The summed E-state index contributed by atoms with van der Waals surface area (Å²) in [7, 11) is 3.42. The zero-order chi connectivity index (χ0) is 14.0. The number of likely N-dealkylation sites (tertiary alicyclic amines) is 1. The van der Waals surface area contributed by atoms with Gasteiger partial charge in [-0.15, -0.1) is 0 Å². The Morgan fingerprint density at radius 1 is 1.32 bits per heavy atom. The molecule has 102 valence electrons. The SMILES string of the molecule is CN(C)C(=O)C1CCCN1C(=O)c1ccccc1N. The molecule has 0 spiro atoms. The summed E-state index contributed by atoms with van der Waals surface area (Å²) in [4.78, 5) is 27.7. The Bertz CT molecular complexity index is 499. The van der Waals surface area contributed by atoms with Crippen molar-refractivity contribution < 1.29 is 9.59 Å². The molecule has 0 aliphatic carbocycles. The molecule has 2 N–H and O–H groups in total. The van der Waals surface area contributed by atoms with Crippen LogP contribution in [0.2, 0.25) is 0 Å². The van der Waals surface area contributed by atoms with E-state index in [2.05, 4.69) is 0 Å². The first-order valence-corrected chi connectivity index (χ1v) is 6.39. The molecule has 0 aromatic heterocycles. The summed E-state index contributed by atoms with van der Waals surface area (Å²) in [6, 6.07) is 6.61. The fourth-order valence-corrected chi connectivity index (χ4v) is 2.41. The molecule has 0 saturated carbocycles. The number of nitrogen functional groups attached to an aromatic ring is 1. The van der Waals surface area contributed by atoms with Gasteiger partial charge < -0.3 is 15.5 Å². The van der Waals surface area contributed by atoms with Gasteiger partial charge in [0.25, 0.3) is 5.91 Å². The number of anilines is 1. The van der Waals surface area contributed by atoms with Gasteiger partial charge >= 0.3 is 0 Å². The largest absolute Gasteiger partial charge is 0.398 e. The lowest BCUT2D eigenvalue weighted by Gasteiger charge is -2.26. The summed E-state index contributed by atoms with van der Waals surface area (Å²) in [5.41, 5.74) is 6.75. The molecule has 1 unspecified atom stereocenters. The Balaban J connectivity index is 2.24. The fourth-order valence-electron chi connectivity index (χ4n) is 2.41. The standard InChI is InChI=1S/C14H19N3O2/c1-16(2)14(19)12-8-5-9-17(12)13(18)10-6-3-4-7-11(10)15/h3-4,6-7,12H,5,8-9,15H2,1-2H3. The van der Waals surface area contributed by atoms with Gasteiger partial charge in [0, 0.05) is 26.3 Å². The lowest BCUT2D eigenvalue weighted by Crippen LogP contribution is -2.45. The van der Waals surface area contributed by atoms with Crippen LogP contribution in [-0.2, 0) is 4.79 Å². The van der Waals surface area contributed by atoms with Crippen molar-refractivity contribution in [3.63, 3.8) is 0 Å². The van der Waals surface area contributed by atoms with E-state index in [4.69, 9.17) is 5.73 Å². The van der Waals surface area contributed by atoms with Crippen molar-refractivity contribution in [3.8, 4) is 0 Å². The van der Waals surface area contributed by atoms with Gasteiger partial charge in [0.15, 0.2) is 0 Å². The van der Waals surface area contributed by atoms with E-state index in [9.17, 15) is 9.59 Å². The average Bonchev–Trinajstić information content (AvgIpc) is 2.86. The van der Waals surface area contributed by atoms with E-state index in [0.29, 0.717) is 17.8 Å². The molecule has 0 bridgehead atoms. The van der Waals surface area contributed by atoms with Crippen LogP contribution in [0.1, 0.15) is 23.2 Å². The second-order valence-electron chi connectivity index (χ2n) is 4.98. The van der Waals surface area contributed by atoms with Crippen molar-refractivity contribution in [1.29, 1.82) is 0 Å². The van der Waals surface area contributed by atoms with Gasteiger partial charge in [-0.2, -0.15) is 0 Å². The van der Waals surface area contributed by atoms with Crippen molar-refractivity contribution in [2.45, 2.75) is 18.9 Å². The maximum Gasteiger partial charge on any atom is 0.256 e. The number of nitrogens with two attached hydrogens (primary N) is 1. The average molecular weight is 261 g/mol. The molecule has 1 atom stereocenters. The van der Waals surface area contributed by atoms with Gasteiger partial charge in [0.2, 0.25) is 5.91 Å². The Labute approximate surface area is 113 Å².